The third-order valence-electron chi connectivity index (χ3n) is 2.11. The lowest BCUT2D eigenvalue weighted by Crippen LogP contribution is -1.91. The summed E-state index contributed by atoms with van der Waals surface area (Å²) in [4.78, 5) is 0. The molecule has 0 nitrogen and oxygen atoms in total. The first kappa shape index (κ1) is 8.95. The molecule has 69 valence electrons. The van der Waals surface area contributed by atoms with Crippen molar-refractivity contribution in [3.05, 3.63) is 71.5 Å². The van der Waals surface area contributed by atoms with Crippen LogP contribution in [0.25, 0.3) is 0 Å². The first-order valence-electron chi connectivity index (χ1n) is 4.55. The highest BCUT2D eigenvalue weighted by Crippen LogP contribution is 2.11. The monoisotopic (exact) mass is 185 g/mol. The molecule has 0 N–H and O–H groups in total. The quantitative estimate of drug-likeness (QED) is 0.674. The Kier molecular flexibility index (Phi) is 2.59. The molecule has 0 aliphatic heterocycles. The van der Waals surface area contributed by atoms with E-state index in [4.69, 9.17) is 0 Å². The molecule has 0 atom stereocenters. The smallest absolute Gasteiger partial charge is 0.127 e. The second-order valence-corrected chi connectivity index (χ2v) is 3.16. The van der Waals surface area contributed by atoms with E-state index in [1.807, 2.05) is 30.3 Å². The molecule has 0 fully saturated rings. The van der Waals surface area contributed by atoms with Crippen LogP contribution < -0.4 is 0 Å². The van der Waals surface area contributed by atoms with Gasteiger partial charge in [-0.25, -0.2) is 4.39 Å². The van der Waals surface area contributed by atoms with Gasteiger partial charge in [-0.05, 0) is 17.7 Å². The van der Waals surface area contributed by atoms with E-state index in [0.29, 0.717) is 12.0 Å². The summed E-state index contributed by atoms with van der Waals surface area (Å²) in [6, 6.07) is 17.6. The molecule has 0 heterocycles. The van der Waals surface area contributed by atoms with Crippen LogP contribution >= 0.6 is 0 Å². The number of benzene rings is 2. The maximum absolute atomic E-state index is 13.2. The summed E-state index contributed by atoms with van der Waals surface area (Å²) in [5.74, 6) is -0.184. The van der Waals surface area contributed by atoms with Crippen LogP contribution in [0.5, 0.6) is 0 Å². The second-order valence-electron chi connectivity index (χ2n) is 3.16. The minimum Gasteiger partial charge on any atom is -0.207 e. The topological polar surface area (TPSA) is 0 Å². The number of hydrogen-bond donors (Lipinski definition) is 0. The van der Waals surface area contributed by atoms with Gasteiger partial charge in [0.1, 0.15) is 5.82 Å². The minimum absolute atomic E-state index is 0.184. The summed E-state index contributed by atoms with van der Waals surface area (Å²) in [5, 5.41) is 0. The van der Waals surface area contributed by atoms with Crippen LogP contribution in [0.4, 0.5) is 4.39 Å². The Morgan fingerprint density at radius 3 is 2.50 bits per heavy atom. The van der Waals surface area contributed by atoms with E-state index >= 15 is 0 Å². The average Bonchev–Trinajstić information content (AvgIpc) is 2.23. The third-order valence-corrected chi connectivity index (χ3v) is 2.11. The number of hydrogen-bond acceptors (Lipinski definition) is 0. The van der Waals surface area contributed by atoms with E-state index in [1.165, 1.54) is 6.07 Å². The molecule has 0 aliphatic carbocycles. The van der Waals surface area contributed by atoms with Crippen molar-refractivity contribution in [2.45, 2.75) is 6.42 Å². The second kappa shape index (κ2) is 4.05. The summed E-state index contributed by atoms with van der Waals surface area (Å²) in [5.41, 5.74) is 1.73. The molecule has 1 heteroatoms. The maximum Gasteiger partial charge on any atom is 0.127 e. The van der Waals surface area contributed by atoms with Crippen molar-refractivity contribution in [2.75, 3.05) is 0 Å². The van der Waals surface area contributed by atoms with Gasteiger partial charge in [0.2, 0.25) is 0 Å². The van der Waals surface area contributed by atoms with Crippen molar-refractivity contribution >= 4 is 0 Å². The van der Waals surface area contributed by atoms with Crippen LogP contribution in [0.1, 0.15) is 11.1 Å². The van der Waals surface area contributed by atoms with Crippen LogP contribution in [-0.4, -0.2) is 0 Å². The van der Waals surface area contributed by atoms with Crippen molar-refractivity contribution in [1.29, 1.82) is 0 Å². The van der Waals surface area contributed by atoms with Gasteiger partial charge in [-0.15, -0.1) is 0 Å². The van der Waals surface area contributed by atoms with Gasteiger partial charge in [-0.2, -0.15) is 0 Å². The lowest BCUT2D eigenvalue weighted by atomic mass is 10.0. The summed E-state index contributed by atoms with van der Waals surface area (Å²) >= 11 is 0. The Labute approximate surface area is 83.0 Å². The molecule has 2 aromatic rings. The molecule has 14 heavy (non-hydrogen) atoms. The normalized spacial score (nSPS) is 10.1. The Morgan fingerprint density at radius 1 is 1.00 bits per heavy atom. The van der Waals surface area contributed by atoms with Crippen molar-refractivity contribution in [1.82, 2.24) is 0 Å². The van der Waals surface area contributed by atoms with Gasteiger partial charge in [-0.3, -0.25) is 0 Å². The van der Waals surface area contributed by atoms with E-state index in [0.717, 1.165) is 5.56 Å². The van der Waals surface area contributed by atoms with Crippen LogP contribution in [0, 0.1) is 11.9 Å². The lowest BCUT2D eigenvalue weighted by Gasteiger charge is -2.01. The zero-order valence-electron chi connectivity index (χ0n) is 7.70. The Hall–Kier alpha value is -1.63. The van der Waals surface area contributed by atoms with E-state index in [9.17, 15) is 4.39 Å². The van der Waals surface area contributed by atoms with E-state index < -0.39 is 0 Å². The van der Waals surface area contributed by atoms with Crippen molar-refractivity contribution < 1.29 is 4.39 Å². The molecule has 0 unspecified atom stereocenters. The van der Waals surface area contributed by atoms with Crippen LogP contribution in [0.2, 0.25) is 0 Å². The summed E-state index contributed by atoms with van der Waals surface area (Å²) in [6.45, 7) is 0. The molecular formula is C13H10F. The minimum atomic E-state index is -0.184. The molecule has 2 rings (SSSR count). The average molecular weight is 185 g/mol. The maximum atomic E-state index is 13.2. The predicted molar refractivity (Wildman–Crippen MR) is 54.5 cm³/mol. The predicted octanol–water partition coefficient (Wildman–Crippen LogP) is 3.22. The highest BCUT2D eigenvalue weighted by atomic mass is 19.1. The summed E-state index contributed by atoms with van der Waals surface area (Å²) < 4.78 is 13.2. The van der Waals surface area contributed by atoms with Gasteiger partial charge in [0.25, 0.3) is 0 Å². The van der Waals surface area contributed by atoms with Gasteiger partial charge < -0.3 is 0 Å². The fourth-order valence-corrected chi connectivity index (χ4v) is 1.39. The highest BCUT2D eigenvalue weighted by Gasteiger charge is 2.01. The zero-order valence-corrected chi connectivity index (χ0v) is 7.70. The van der Waals surface area contributed by atoms with Gasteiger partial charge in [0.15, 0.2) is 0 Å². The lowest BCUT2D eigenvalue weighted by molar-refractivity contribution is 0.613. The summed E-state index contributed by atoms with van der Waals surface area (Å²) in [6.07, 6.45) is 0.605. The largest absolute Gasteiger partial charge is 0.207 e. The molecule has 0 saturated heterocycles. The first-order chi connectivity index (χ1) is 6.86. The van der Waals surface area contributed by atoms with Gasteiger partial charge >= 0.3 is 0 Å². The van der Waals surface area contributed by atoms with Gasteiger partial charge in [-0.1, -0.05) is 42.5 Å². The fourth-order valence-electron chi connectivity index (χ4n) is 1.39. The van der Waals surface area contributed by atoms with Crippen LogP contribution in [0.3, 0.4) is 0 Å². The molecule has 0 aliphatic rings. The molecule has 0 bridgehead atoms. The molecule has 0 saturated carbocycles. The van der Waals surface area contributed by atoms with Crippen molar-refractivity contribution in [2.24, 2.45) is 0 Å². The Balaban J connectivity index is 2.24. The number of halogens is 1. The third kappa shape index (κ3) is 1.99. The summed E-state index contributed by atoms with van der Waals surface area (Å²) in [7, 11) is 0. The van der Waals surface area contributed by atoms with E-state index in [-0.39, 0.29) is 5.82 Å². The van der Waals surface area contributed by atoms with E-state index in [2.05, 4.69) is 6.07 Å². The molecule has 0 aromatic heterocycles. The van der Waals surface area contributed by atoms with E-state index in [1.54, 1.807) is 12.1 Å². The van der Waals surface area contributed by atoms with Crippen molar-refractivity contribution in [3.8, 4) is 0 Å². The SMILES string of the molecule is Fc1ccc[c]c1Cc1ccccc1. The standard InChI is InChI=1S/C13H10F/c14-13-9-5-4-8-12(13)10-11-6-2-1-3-7-11/h1-7,9H,10H2. The molecule has 0 amide bonds. The van der Waals surface area contributed by atoms with Gasteiger partial charge in [0, 0.05) is 12.0 Å². The van der Waals surface area contributed by atoms with Gasteiger partial charge in [0.05, 0.1) is 0 Å². The fraction of sp³-hybridized carbons (Fsp3) is 0.0769. The number of rotatable bonds is 2. The molecule has 2 aromatic carbocycles. The van der Waals surface area contributed by atoms with Crippen LogP contribution in [-0.2, 0) is 6.42 Å². The van der Waals surface area contributed by atoms with Crippen LogP contribution in [0.15, 0.2) is 48.5 Å². The molecule has 1 radical (unpaired) electrons. The Morgan fingerprint density at radius 2 is 1.79 bits per heavy atom. The first-order valence-corrected chi connectivity index (χ1v) is 4.55. The zero-order chi connectivity index (χ0) is 9.80. The van der Waals surface area contributed by atoms with Crippen molar-refractivity contribution in [3.63, 3.8) is 0 Å². The Bertz CT molecular complexity index is 407. The highest BCUT2D eigenvalue weighted by molar-refractivity contribution is 5.25. The molecule has 0 spiro atoms. The molecular weight excluding hydrogens is 175 g/mol.